The van der Waals surface area contributed by atoms with Crippen LogP contribution < -0.4 is 9.80 Å². The molecule has 3 rings (SSSR count). The fourth-order valence-electron chi connectivity index (χ4n) is 3.02. The Balaban J connectivity index is 1.69. The first-order valence-electron chi connectivity index (χ1n) is 7.69. The second kappa shape index (κ2) is 6.02. The number of anilines is 2. The molecule has 0 atom stereocenters. The maximum absolute atomic E-state index is 2.51. The number of likely N-dealkylation sites (N-methyl/N-ethyl adjacent to an activating group) is 2. The average Bonchev–Trinajstić information content (AvgIpc) is 2.49. The lowest BCUT2D eigenvalue weighted by Crippen LogP contribution is -2.45. The third-order valence-corrected chi connectivity index (χ3v) is 4.57. The molecule has 0 amide bonds. The zero-order valence-corrected chi connectivity index (χ0v) is 12.8. The first-order valence-corrected chi connectivity index (χ1v) is 7.69. The number of piperazine rings is 2. The Labute approximate surface area is 122 Å². The smallest absolute Gasteiger partial charge is 0.0387 e. The van der Waals surface area contributed by atoms with Crippen LogP contribution in [0.3, 0.4) is 0 Å². The van der Waals surface area contributed by atoms with Crippen LogP contribution in [0.1, 0.15) is 0 Å². The number of hydrogen-bond acceptors (Lipinski definition) is 4. The summed E-state index contributed by atoms with van der Waals surface area (Å²) in [6.07, 6.45) is 0. The van der Waals surface area contributed by atoms with Gasteiger partial charge >= 0.3 is 0 Å². The van der Waals surface area contributed by atoms with Crippen molar-refractivity contribution in [1.29, 1.82) is 0 Å². The lowest BCUT2D eigenvalue weighted by atomic mass is 10.2. The summed E-state index contributed by atoms with van der Waals surface area (Å²) in [5.74, 6) is 0. The fourth-order valence-corrected chi connectivity index (χ4v) is 3.02. The SMILES string of the molecule is CN1CCN(c2cccc(N3CCN(C)CC3)c2)CC1. The predicted octanol–water partition coefficient (Wildman–Crippen LogP) is 1.19. The summed E-state index contributed by atoms with van der Waals surface area (Å²) >= 11 is 0. The molecule has 0 saturated carbocycles. The van der Waals surface area contributed by atoms with Crippen LogP contribution in [-0.2, 0) is 0 Å². The van der Waals surface area contributed by atoms with Crippen molar-refractivity contribution in [2.24, 2.45) is 0 Å². The van der Waals surface area contributed by atoms with Crippen LogP contribution in [0.4, 0.5) is 11.4 Å². The van der Waals surface area contributed by atoms with Crippen molar-refractivity contribution in [3.05, 3.63) is 24.3 Å². The second-order valence-electron chi connectivity index (χ2n) is 6.10. The predicted molar refractivity (Wildman–Crippen MR) is 85.9 cm³/mol. The average molecular weight is 274 g/mol. The van der Waals surface area contributed by atoms with E-state index in [0.717, 1.165) is 26.2 Å². The highest BCUT2D eigenvalue weighted by Gasteiger charge is 2.17. The van der Waals surface area contributed by atoms with E-state index in [4.69, 9.17) is 0 Å². The van der Waals surface area contributed by atoms with Gasteiger partial charge in [-0.2, -0.15) is 0 Å². The van der Waals surface area contributed by atoms with Crippen molar-refractivity contribution in [2.45, 2.75) is 0 Å². The van der Waals surface area contributed by atoms with E-state index >= 15 is 0 Å². The summed E-state index contributed by atoms with van der Waals surface area (Å²) in [5, 5.41) is 0. The van der Waals surface area contributed by atoms with Crippen LogP contribution in [0.2, 0.25) is 0 Å². The number of nitrogens with zero attached hydrogens (tertiary/aromatic N) is 4. The Kier molecular flexibility index (Phi) is 4.13. The van der Waals surface area contributed by atoms with Gasteiger partial charge in [0.05, 0.1) is 0 Å². The Morgan fingerprint density at radius 3 is 1.45 bits per heavy atom. The largest absolute Gasteiger partial charge is 0.369 e. The zero-order chi connectivity index (χ0) is 13.9. The van der Waals surface area contributed by atoms with Crippen molar-refractivity contribution >= 4 is 11.4 Å². The van der Waals surface area contributed by atoms with Crippen molar-refractivity contribution in [2.75, 3.05) is 76.3 Å². The summed E-state index contributed by atoms with van der Waals surface area (Å²) in [5.41, 5.74) is 2.77. The molecule has 0 N–H and O–H groups in total. The molecule has 2 heterocycles. The maximum Gasteiger partial charge on any atom is 0.0387 e. The molecule has 2 aliphatic heterocycles. The van der Waals surface area contributed by atoms with Crippen LogP contribution in [-0.4, -0.2) is 76.3 Å². The zero-order valence-electron chi connectivity index (χ0n) is 12.8. The van der Waals surface area contributed by atoms with Crippen LogP contribution in [0.25, 0.3) is 0 Å². The van der Waals surface area contributed by atoms with E-state index < -0.39 is 0 Å². The molecule has 0 spiro atoms. The molecular weight excluding hydrogens is 248 g/mol. The van der Waals surface area contributed by atoms with E-state index in [1.165, 1.54) is 37.6 Å². The quantitative estimate of drug-likeness (QED) is 0.803. The topological polar surface area (TPSA) is 13.0 Å². The molecule has 20 heavy (non-hydrogen) atoms. The van der Waals surface area contributed by atoms with E-state index in [9.17, 15) is 0 Å². The number of rotatable bonds is 2. The Morgan fingerprint density at radius 2 is 1.05 bits per heavy atom. The Morgan fingerprint density at radius 1 is 0.650 bits per heavy atom. The van der Waals surface area contributed by atoms with Gasteiger partial charge in [0.25, 0.3) is 0 Å². The number of hydrogen-bond donors (Lipinski definition) is 0. The van der Waals surface area contributed by atoms with Crippen LogP contribution in [0.15, 0.2) is 24.3 Å². The standard InChI is InChI=1S/C16H26N4/c1-17-6-10-19(11-7-17)15-4-3-5-16(14-15)20-12-8-18(2)9-13-20/h3-5,14H,6-13H2,1-2H3. The molecule has 110 valence electrons. The van der Waals surface area contributed by atoms with Crippen LogP contribution in [0, 0.1) is 0 Å². The normalized spacial score (nSPS) is 22.3. The molecule has 0 aliphatic carbocycles. The molecule has 1 aromatic carbocycles. The molecular formula is C16H26N4. The highest BCUT2D eigenvalue weighted by atomic mass is 15.3. The van der Waals surface area contributed by atoms with Gasteiger partial charge in [-0.25, -0.2) is 0 Å². The van der Waals surface area contributed by atoms with Crippen molar-refractivity contribution in [1.82, 2.24) is 9.80 Å². The summed E-state index contributed by atoms with van der Waals surface area (Å²) < 4.78 is 0. The molecule has 0 radical (unpaired) electrons. The monoisotopic (exact) mass is 274 g/mol. The summed E-state index contributed by atoms with van der Waals surface area (Å²) in [4.78, 5) is 9.83. The van der Waals surface area contributed by atoms with Gasteiger partial charge in [0.2, 0.25) is 0 Å². The maximum atomic E-state index is 2.51. The second-order valence-corrected chi connectivity index (χ2v) is 6.10. The molecule has 2 fully saturated rings. The van der Waals surface area contributed by atoms with Crippen molar-refractivity contribution in [3.8, 4) is 0 Å². The van der Waals surface area contributed by atoms with Gasteiger partial charge in [-0.05, 0) is 32.3 Å². The lowest BCUT2D eigenvalue weighted by molar-refractivity contribution is 0.312. The molecule has 2 aliphatic rings. The summed E-state index contributed by atoms with van der Waals surface area (Å²) in [6.45, 7) is 9.23. The van der Waals surface area contributed by atoms with E-state index in [0.29, 0.717) is 0 Å². The molecule has 4 nitrogen and oxygen atoms in total. The van der Waals surface area contributed by atoms with E-state index in [1.807, 2.05) is 0 Å². The van der Waals surface area contributed by atoms with Gasteiger partial charge in [-0.15, -0.1) is 0 Å². The first kappa shape index (κ1) is 13.7. The highest BCUT2D eigenvalue weighted by molar-refractivity contribution is 5.59. The molecule has 0 bridgehead atoms. The third-order valence-electron chi connectivity index (χ3n) is 4.57. The van der Waals surface area contributed by atoms with Gasteiger partial charge in [0.15, 0.2) is 0 Å². The minimum absolute atomic E-state index is 1.14. The van der Waals surface area contributed by atoms with Gasteiger partial charge in [-0.3, -0.25) is 0 Å². The van der Waals surface area contributed by atoms with Crippen molar-refractivity contribution < 1.29 is 0 Å². The third kappa shape index (κ3) is 3.07. The minimum atomic E-state index is 1.14. The summed E-state index contributed by atoms with van der Waals surface area (Å²) in [7, 11) is 4.41. The Hall–Kier alpha value is -1.26. The van der Waals surface area contributed by atoms with Gasteiger partial charge < -0.3 is 19.6 Å². The van der Waals surface area contributed by atoms with Crippen LogP contribution >= 0.6 is 0 Å². The fraction of sp³-hybridized carbons (Fsp3) is 0.625. The Bertz CT molecular complexity index is 395. The molecule has 0 aromatic heterocycles. The van der Waals surface area contributed by atoms with Gasteiger partial charge in [0, 0.05) is 63.7 Å². The van der Waals surface area contributed by atoms with E-state index in [-0.39, 0.29) is 0 Å². The minimum Gasteiger partial charge on any atom is -0.369 e. The lowest BCUT2D eigenvalue weighted by Gasteiger charge is -2.36. The molecule has 4 heteroatoms. The van der Waals surface area contributed by atoms with Gasteiger partial charge in [0.1, 0.15) is 0 Å². The van der Waals surface area contributed by atoms with E-state index in [1.54, 1.807) is 0 Å². The van der Waals surface area contributed by atoms with Gasteiger partial charge in [-0.1, -0.05) is 6.07 Å². The molecule has 0 unspecified atom stereocenters. The molecule has 2 saturated heterocycles. The summed E-state index contributed by atoms with van der Waals surface area (Å²) in [6, 6.07) is 9.09. The van der Waals surface area contributed by atoms with Crippen molar-refractivity contribution in [3.63, 3.8) is 0 Å². The first-order chi connectivity index (χ1) is 9.72. The van der Waals surface area contributed by atoms with E-state index in [2.05, 4.69) is 58.0 Å². The molecule has 1 aromatic rings. The highest BCUT2D eigenvalue weighted by Crippen LogP contribution is 2.24. The van der Waals surface area contributed by atoms with Crippen LogP contribution in [0.5, 0.6) is 0 Å². The number of benzene rings is 1.